The Kier molecular flexibility index (Phi) is 4.96. The second-order valence-corrected chi connectivity index (χ2v) is 8.11. The lowest BCUT2D eigenvalue weighted by molar-refractivity contribution is 0.0626. The summed E-state index contributed by atoms with van der Waals surface area (Å²) in [6.45, 7) is 3.60. The minimum absolute atomic E-state index is 0.124. The Morgan fingerprint density at radius 2 is 1.93 bits per heavy atom. The van der Waals surface area contributed by atoms with Gasteiger partial charge in [0.25, 0.3) is 11.5 Å². The van der Waals surface area contributed by atoms with Gasteiger partial charge in [-0.3, -0.25) is 14.5 Å². The van der Waals surface area contributed by atoms with Crippen LogP contribution in [0.4, 0.5) is 0 Å². The van der Waals surface area contributed by atoms with Crippen molar-refractivity contribution in [3.05, 3.63) is 57.0 Å². The summed E-state index contributed by atoms with van der Waals surface area (Å²) in [7, 11) is 0. The molecule has 1 atom stereocenters. The van der Waals surface area contributed by atoms with Gasteiger partial charge in [-0.05, 0) is 43.0 Å². The van der Waals surface area contributed by atoms with Crippen LogP contribution in [0.2, 0.25) is 0 Å². The van der Waals surface area contributed by atoms with Gasteiger partial charge in [0.1, 0.15) is 5.56 Å². The van der Waals surface area contributed by atoms with Crippen LogP contribution >= 0.6 is 0 Å². The molecular weight excluding hydrogens is 386 g/mol. The zero-order valence-corrected chi connectivity index (χ0v) is 16.7. The van der Waals surface area contributed by atoms with Crippen LogP contribution in [-0.2, 0) is 13.0 Å². The van der Waals surface area contributed by atoms with Gasteiger partial charge >= 0.3 is 0 Å². The van der Waals surface area contributed by atoms with Crippen LogP contribution in [-0.4, -0.2) is 58.8 Å². The largest absolute Gasteiger partial charge is 0.454 e. The molecule has 0 radical (unpaired) electrons. The number of nitrogens with zero attached hydrogens (tertiary/aromatic N) is 2. The Morgan fingerprint density at radius 3 is 2.77 bits per heavy atom. The van der Waals surface area contributed by atoms with Gasteiger partial charge in [-0.15, -0.1) is 0 Å². The Bertz CT molecular complexity index is 1030. The topological polar surface area (TPSA) is 95.1 Å². The number of amides is 1. The molecule has 1 fully saturated rings. The summed E-state index contributed by atoms with van der Waals surface area (Å²) >= 11 is 0. The van der Waals surface area contributed by atoms with Crippen LogP contribution in [0, 0.1) is 0 Å². The lowest BCUT2D eigenvalue weighted by atomic mass is 9.92. The first-order valence-electron chi connectivity index (χ1n) is 10.4. The highest BCUT2D eigenvalue weighted by Gasteiger charge is 2.27. The highest BCUT2D eigenvalue weighted by atomic mass is 16.7. The van der Waals surface area contributed by atoms with Crippen LogP contribution < -0.4 is 15.0 Å². The number of aromatic amines is 1. The van der Waals surface area contributed by atoms with E-state index in [4.69, 9.17) is 9.47 Å². The number of ether oxygens (including phenoxy) is 2. The number of aliphatic hydroxyl groups is 1. The number of carbonyl (C=O) groups excluding carboxylic acids is 1. The number of aromatic nitrogens is 1. The van der Waals surface area contributed by atoms with Crippen LogP contribution in [0.15, 0.2) is 29.1 Å². The van der Waals surface area contributed by atoms with Crippen LogP contribution in [0.1, 0.15) is 46.1 Å². The number of H-pyrrole nitrogens is 1. The van der Waals surface area contributed by atoms with E-state index in [0.29, 0.717) is 25.1 Å². The number of nitrogens with one attached hydrogen (secondary N) is 1. The summed E-state index contributed by atoms with van der Waals surface area (Å²) in [6.07, 6.45) is 1.61. The third kappa shape index (κ3) is 3.57. The quantitative estimate of drug-likeness (QED) is 0.794. The third-order valence-electron chi connectivity index (χ3n) is 6.15. The van der Waals surface area contributed by atoms with E-state index in [1.165, 1.54) is 0 Å². The molecule has 0 saturated carbocycles. The monoisotopic (exact) mass is 411 g/mol. The molecule has 0 spiro atoms. The fourth-order valence-electron chi connectivity index (χ4n) is 4.45. The smallest absolute Gasteiger partial charge is 0.261 e. The minimum atomic E-state index is -0.615. The Balaban J connectivity index is 1.24. The van der Waals surface area contributed by atoms with Gasteiger partial charge in [0, 0.05) is 44.0 Å². The molecule has 0 bridgehead atoms. The average molecular weight is 411 g/mol. The highest BCUT2D eigenvalue weighted by Crippen LogP contribution is 2.33. The second-order valence-electron chi connectivity index (χ2n) is 8.11. The van der Waals surface area contributed by atoms with Gasteiger partial charge in [0.05, 0.1) is 6.10 Å². The molecule has 8 heteroatoms. The van der Waals surface area contributed by atoms with Crippen molar-refractivity contribution in [2.24, 2.45) is 0 Å². The summed E-state index contributed by atoms with van der Waals surface area (Å²) in [5.74, 6) is 1.28. The lowest BCUT2D eigenvalue weighted by Crippen LogP contribution is -2.49. The van der Waals surface area contributed by atoms with Gasteiger partial charge in [-0.1, -0.05) is 6.07 Å². The molecule has 3 heterocycles. The fraction of sp³-hybridized carbons (Fsp3) is 0.455. The first-order chi connectivity index (χ1) is 14.6. The minimum Gasteiger partial charge on any atom is -0.454 e. The maximum atomic E-state index is 13.0. The average Bonchev–Trinajstić information content (AvgIpc) is 3.21. The summed E-state index contributed by atoms with van der Waals surface area (Å²) in [5.41, 5.74) is 2.34. The second kappa shape index (κ2) is 7.77. The lowest BCUT2D eigenvalue weighted by Gasteiger charge is -2.35. The maximum Gasteiger partial charge on any atom is 0.261 e. The van der Waals surface area contributed by atoms with E-state index < -0.39 is 6.10 Å². The number of aryl methyl sites for hydroxylation is 1. The van der Waals surface area contributed by atoms with E-state index in [1.807, 2.05) is 18.2 Å². The molecule has 1 saturated heterocycles. The maximum absolute atomic E-state index is 13.0. The summed E-state index contributed by atoms with van der Waals surface area (Å²) in [4.78, 5) is 32.3. The summed E-state index contributed by atoms with van der Waals surface area (Å²) < 4.78 is 10.8. The molecule has 1 aromatic carbocycles. The van der Waals surface area contributed by atoms with E-state index >= 15 is 0 Å². The molecule has 1 aromatic heterocycles. The number of hydrogen-bond donors (Lipinski definition) is 2. The predicted molar refractivity (Wildman–Crippen MR) is 109 cm³/mol. The van der Waals surface area contributed by atoms with Gasteiger partial charge in [-0.25, -0.2) is 0 Å². The Morgan fingerprint density at radius 1 is 1.13 bits per heavy atom. The first-order valence-corrected chi connectivity index (χ1v) is 10.4. The van der Waals surface area contributed by atoms with Crippen molar-refractivity contribution < 1.29 is 19.4 Å². The molecule has 1 amide bonds. The number of fused-ring (bicyclic) bond motifs is 2. The third-order valence-corrected chi connectivity index (χ3v) is 6.15. The normalized spacial score (nSPS) is 20.8. The molecule has 2 aromatic rings. The fourth-order valence-corrected chi connectivity index (χ4v) is 4.45. The molecule has 1 aliphatic carbocycles. The van der Waals surface area contributed by atoms with Crippen molar-refractivity contribution in [3.63, 3.8) is 0 Å². The van der Waals surface area contributed by atoms with Gasteiger partial charge in [0.15, 0.2) is 11.5 Å². The molecule has 2 N–H and O–H groups in total. The van der Waals surface area contributed by atoms with E-state index in [0.717, 1.165) is 55.2 Å². The van der Waals surface area contributed by atoms with E-state index in [1.54, 1.807) is 11.0 Å². The predicted octanol–water partition coefficient (Wildman–Crippen LogP) is 1.43. The van der Waals surface area contributed by atoms with Crippen LogP contribution in [0.25, 0.3) is 0 Å². The summed E-state index contributed by atoms with van der Waals surface area (Å²) in [5, 5.41) is 10.2. The SMILES string of the molecule is O=C(c1cc2c([nH]c1=O)CCCC2O)N1CCN(Cc2ccc3c(c2)OCO3)CC1. The zero-order chi connectivity index (χ0) is 20.7. The van der Waals surface area contributed by atoms with Crippen molar-refractivity contribution >= 4 is 5.91 Å². The standard InChI is InChI=1S/C22H25N3O5/c26-18-3-1-2-17-15(18)11-16(21(27)23-17)22(28)25-8-6-24(7-9-25)12-14-4-5-19-20(10-14)30-13-29-19/h4-5,10-11,18,26H,1-3,6-9,12-13H2,(H,23,27). The number of pyridine rings is 1. The zero-order valence-electron chi connectivity index (χ0n) is 16.7. The molecule has 3 aliphatic rings. The van der Waals surface area contributed by atoms with Crippen molar-refractivity contribution in [2.75, 3.05) is 33.0 Å². The molecule has 1 unspecified atom stereocenters. The van der Waals surface area contributed by atoms with Crippen LogP contribution in [0.3, 0.4) is 0 Å². The highest BCUT2D eigenvalue weighted by molar-refractivity contribution is 5.94. The number of aliphatic hydroxyl groups excluding tert-OH is 1. The van der Waals surface area contributed by atoms with Gasteiger partial charge in [0.2, 0.25) is 6.79 Å². The molecule has 30 heavy (non-hydrogen) atoms. The van der Waals surface area contributed by atoms with E-state index in [2.05, 4.69) is 9.88 Å². The summed E-state index contributed by atoms with van der Waals surface area (Å²) in [6, 6.07) is 7.55. The van der Waals surface area contributed by atoms with Gasteiger partial charge in [-0.2, -0.15) is 0 Å². The molecule has 2 aliphatic heterocycles. The number of hydrogen-bond acceptors (Lipinski definition) is 6. The number of rotatable bonds is 3. The molecule has 158 valence electrons. The van der Waals surface area contributed by atoms with E-state index in [9.17, 15) is 14.7 Å². The number of piperazine rings is 1. The number of benzene rings is 1. The Hall–Kier alpha value is -2.84. The van der Waals surface area contributed by atoms with Gasteiger partial charge < -0.3 is 24.5 Å². The van der Waals surface area contributed by atoms with Crippen molar-refractivity contribution in [2.45, 2.75) is 31.9 Å². The van der Waals surface area contributed by atoms with Crippen molar-refractivity contribution in [1.29, 1.82) is 0 Å². The molecular formula is C22H25N3O5. The first kappa shape index (κ1) is 19.1. The van der Waals surface area contributed by atoms with Crippen LogP contribution in [0.5, 0.6) is 11.5 Å². The van der Waals surface area contributed by atoms with E-state index in [-0.39, 0.29) is 23.8 Å². The number of carbonyl (C=O) groups is 1. The molecule has 5 rings (SSSR count). The van der Waals surface area contributed by atoms with Crippen molar-refractivity contribution in [3.8, 4) is 11.5 Å². The van der Waals surface area contributed by atoms with Crippen molar-refractivity contribution in [1.82, 2.24) is 14.8 Å². The Labute approximate surface area is 174 Å². The molecule has 8 nitrogen and oxygen atoms in total.